The first-order chi connectivity index (χ1) is 12.0. The molecule has 124 valence electrons. The summed E-state index contributed by atoms with van der Waals surface area (Å²) in [6.07, 6.45) is 1.87. The Morgan fingerprint density at radius 1 is 1.00 bits per heavy atom. The topological polar surface area (TPSA) is 28.7 Å². The molecule has 3 rings (SSSR count). The van der Waals surface area contributed by atoms with Gasteiger partial charge in [0.2, 0.25) is 0 Å². The summed E-state index contributed by atoms with van der Waals surface area (Å²) in [6, 6.07) is 19.4. The lowest BCUT2D eigenvalue weighted by Crippen LogP contribution is -1.99. The van der Waals surface area contributed by atoms with E-state index in [-0.39, 0.29) is 0 Å². The standard InChI is InChI=1S/C21H16Cl2N2/c1-14-11-16(12-17(13-24)18-7-3-4-8-19(18)22)15(2)25(14)21-10-6-5-9-20(21)23/h3-12H,1-2H3. The summed E-state index contributed by atoms with van der Waals surface area (Å²) in [5.74, 6) is 0. The van der Waals surface area contributed by atoms with Gasteiger partial charge in [-0.1, -0.05) is 53.5 Å². The maximum absolute atomic E-state index is 9.59. The summed E-state index contributed by atoms with van der Waals surface area (Å²) in [5, 5.41) is 10.8. The number of allylic oxidation sites excluding steroid dienone is 1. The summed E-state index contributed by atoms with van der Waals surface area (Å²) in [7, 11) is 0. The molecule has 0 bridgehead atoms. The number of rotatable bonds is 3. The van der Waals surface area contributed by atoms with E-state index in [0.29, 0.717) is 15.6 Å². The van der Waals surface area contributed by atoms with Gasteiger partial charge in [0, 0.05) is 22.0 Å². The van der Waals surface area contributed by atoms with Crippen LogP contribution in [-0.4, -0.2) is 4.57 Å². The van der Waals surface area contributed by atoms with Crippen LogP contribution < -0.4 is 0 Å². The van der Waals surface area contributed by atoms with E-state index in [9.17, 15) is 5.26 Å². The van der Waals surface area contributed by atoms with Gasteiger partial charge in [-0.2, -0.15) is 5.26 Å². The summed E-state index contributed by atoms with van der Waals surface area (Å²) < 4.78 is 2.09. The highest BCUT2D eigenvalue weighted by molar-refractivity contribution is 6.33. The number of para-hydroxylation sites is 1. The average molecular weight is 367 g/mol. The Morgan fingerprint density at radius 2 is 1.64 bits per heavy atom. The van der Waals surface area contributed by atoms with E-state index < -0.39 is 0 Å². The third kappa shape index (κ3) is 3.35. The molecule has 0 radical (unpaired) electrons. The average Bonchev–Trinajstić information content (AvgIpc) is 2.88. The van der Waals surface area contributed by atoms with Crippen molar-refractivity contribution in [1.29, 1.82) is 5.26 Å². The van der Waals surface area contributed by atoms with Crippen LogP contribution in [0.1, 0.15) is 22.5 Å². The van der Waals surface area contributed by atoms with Crippen LogP contribution in [0.4, 0.5) is 0 Å². The smallest absolute Gasteiger partial charge is 0.0998 e. The monoisotopic (exact) mass is 366 g/mol. The first kappa shape index (κ1) is 17.4. The van der Waals surface area contributed by atoms with Gasteiger partial charge in [0.05, 0.1) is 22.4 Å². The zero-order valence-electron chi connectivity index (χ0n) is 13.9. The number of nitriles is 1. The first-order valence-corrected chi connectivity index (χ1v) is 8.59. The van der Waals surface area contributed by atoms with Crippen molar-refractivity contribution < 1.29 is 0 Å². The molecule has 0 N–H and O–H groups in total. The fourth-order valence-corrected chi connectivity index (χ4v) is 3.40. The Labute approximate surface area is 157 Å². The SMILES string of the molecule is Cc1cc(C=C(C#N)c2ccccc2Cl)c(C)n1-c1ccccc1Cl. The summed E-state index contributed by atoms with van der Waals surface area (Å²) in [4.78, 5) is 0. The molecule has 4 heteroatoms. The summed E-state index contributed by atoms with van der Waals surface area (Å²) in [6.45, 7) is 4.04. The van der Waals surface area contributed by atoms with Gasteiger partial charge in [-0.25, -0.2) is 0 Å². The number of aryl methyl sites for hydroxylation is 1. The second-order valence-corrected chi connectivity index (χ2v) is 6.58. The normalized spacial score (nSPS) is 11.4. The van der Waals surface area contributed by atoms with Crippen molar-refractivity contribution in [3.63, 3.8) is 0 Å². The van der Waals surface area contributed by atoms with Crippen molar-refractivity contribution in [3.8, 4) is 11.8 Å². The van der Waals surface area contributed by atoms with Crippen molar-refractivity contribution in [2.24, 2.45) is 0 Å². The second kappa shape index (κ2) is 7.19. The molecule has 0 saturated carbocycles. The lowest BCUT2D eigenvalue weighted by atomic mass is 10.0. The number of hydrogen-bond acceptors (Lipinski definition) is 1. The molecule has 2 aromatic carbocycles. The van der Waals surface area contributed by atoms with Crippen LogP contribution in [0.25, 0.3) is 17.3 Å². The minimum atomic E-state index is 0.532. The third-order valence-electron chi connectivity index (χ3n) is 4.15. The van der Waals surface area contributed by atoms with E-state index in [1.807, 2.05) is 68.5 Å². The van der Waals surface area contributed by atoms with E-state index in [0.717, 1.165) is 28.2 Å². The highest BCUT2D eigenvalue weighted by Crippen LogP contribution is 2.30. The molecule has 1 heterocycles. The molecule has 0 aliphatic heterocycles. The van der Waals surface area contributed by atoms with Crippen molar-refractivity contribution in [3.05, 3.63) is 87.2 Å². The molecule has 1 aromatic heterocycles. The molecule has 0 aliphatic rings. The molecule has 2 nitrogen and oxygen atoms in total. The quantitative estimate of drug-likeness (QED) is 0.488. The van der Waals surface area contributed by atoms with Gasteiger partial charge < -0.3 is 4.57 Å². The number of halogens is 2. The lowest BCUT2D eigenvalue weighted by molar-refractivity contribution is 0.965. The van der Waals surface area contributed by atoms with Crippen LogP contribution in [0.2, 0.25) is 10.0 Å². The predicted octanol–water partition coefficient (Wildman–Crippen LogP) is 6.47. The minimum Gasteiger partial charge on any atom is -0.316 e. The van der Waals surface area contributed by atoms with Gasteiger partial charge in [0.1, 0.15) is 0 Å². The van der Waals surface area contributed by atoms with Crippen molar-refractivity contribution in [2.75, 3.05) is 0 Å². The number of hydrogen-bond donors (Lipinski definition) is 0. The Kier molecular flexibility index (Phi) is 4.99. The predicted molar refractivity (Wildman–Crippen MR) is 105 cm³/mol. The van der Waals surface area contributed by atoms with Crippen molar-refractivity contribution >= 4 is 34.9 Å². The number of benzene rings is 2. The molecule has 0 spiro atoms. The Bertz CT molecular complexity index is 1010. The summed E-state index contributed by atoms with van der Waals surface area (Å²) in [5.41, 5.74) is 5.22. The molecule has 0 saturated heterocycles. The number of nitrogens with zero attached hydrogens (tertiary/aromatic N) is 2. The molecule has 0 atom stereocenters. The Morgan fingerprint density at radius 3 is 2.28 bits per heavy atom. The van der Waals surface area contributed by atoms with Crippen LogP contribution in [0.3, 0.4) is 0 Å². The molecule has 0 fully saturated rings. The molecule has 0 unspecified atom stereocenters. The first-order valence-electron chi connectivity index (χ1n) is 7.83. The van der Waals surface area contributed by atoms with Gasteiger partial charge in [0.15, 0.2) is 0 Å². The zero-order chi connectivity index (χ0) is 18.0. The van der Waals surface area contributed by atoms with Crippen LogP contribution in [0.5, 0.6) is 0 Å². The highest BCUT2D eigenvalue weighted by atomic mass is 35.5. The van der Waals surface area contributed by atoms with Crippen molar-refractivity contribution in [2.45, 2.75) is 13.8 Å². The number of aromatic nitrogens is 1. The van der Waals surface area contributed by atoms with Gasteiger partial charge in [-0.15, -0.1) is 0 Å². The minimum absolute atomic E-state index is 0.532. The zero-order valence-corrected chi connectivity index (χ0v) is 15.4. The fourth-order valence-electron chi connectivity index (χ4n) is 2.94. The van der Waals surface area contributed by atoms with Crippen molar-refractivity contribution in [1.82, 2.24) is 4.57 Å². The van der Waals surface area contributed by atoms with Crippen LogP contribution in [0.15, 0.2) is 54.6 Å². The van der Waals surface area contributed by atoms with Crippen LogP contribution in [0, 0.1) is 25.2 Å². The molecular weight excluding hydrogens is 351 g/mol. The largest absolute Gasteiger partial charge is 0.316 e. The van der Waals surface area contributed by atoms with Gasteiger partial charge in [-0.3, -0.25) is 0 Å². The maximum Gasteiger partial charge on any atom is 0.0998 e. The molecule has 0 aliphatic carbocycles. The van der Waals surface area contributed by atoms with E-state index >= 15 is 0 Å². The molecule has 25 heavy (non-hydrogen) atoms. The van der Waals surface area contributed by atoms with E-state index in [1.54, 1.807) is 6.07 Å². The molecule has 3 aromatic rings. The third-order valence-corrected chi connectivity index (χ3v) is 4.80. The van der Waals surface area contributed by atoms with Crippen LogP contribution in [-0.2, 0) is 0 Å². The van der Waals surface area contributed by atoms with E-state index in [4.69, 9.17) is 23.2 Å². The second-order valence-electron chi connectivity index (χ2n) is 5.76. The van der Waals surface area contributed by atoms with Gasteiger partial charge in [-0.05, 0) is 49.8 Å². The van der Waals surface area contributed by atoms with Gasteiger partial charge in [0.25, 0.3) is 0 Å². The van der Waals surface area contributed by atoms with E-state index in [2.05, 4.69) is 10.6 Å². The van der Waals surface area contributed by atoms with E-state index in [1.165, 1.54) is 0 Å². The summed E-state index contributed by atoms with van der Waals surface area (Å²) >= 11 is 12.6. The van der Waals surface area contributed by atoms with Crippen LogP contribution >= 0.6 is 23.2 Å². The Hall–Kier alpha value is -2.47. The van der Waals surface area contributed by atoms with Gasteiger partial charge >= 0.3 is 0 Å². The maximum atomic E-state index is 9.59. The Balaban J connectivity index is 2.14. The molecular formula is C21H16Cl2N2. The fraction of sp³-hybridized carbons (Fsp3) is 0.0952. The lowest BCUT2D eigenvalue weighted by Gasteiger charge is -2.11. The molecule has 0 amide bonds. The highest BCUT2D eigenvalue weighted by Gasteiger charge is 2.13.